The molecule has 2 rings (SSSR count). The summed E-state index contributed by atoms with van der Waals surface area (Å²) in [6.45, 7) is 2.28. The van der Waals surface area contributed by atoms with Crippen LogP contribution in [0.5, 0.6) is 0 Å². The average molecular weight is 226 g/mol. The minimum Gasteiger partial charge on any atom is -0.399 e. The van der Waals surface area contributed by atoms with Crippen LogP contribution in [0.15, 0.2) is 12.1 Å². The molecule has 3 N–H and O–H groups in total. The molecule has 4 heteroatoms. The highest BCUT2D eigenvalue weighted by Gasteiger charge is 2.21. The Labute approximate surface area is 95.0 Å². The van der Waals surface area contributed by atoms with E-state index in [9.17, 15) is 0 Å². The van der Waals surface area contributed by atoms with Crippen LogP contribution in [0.25, 0.3) is 0 Å². The van der Waals surface area contributed by atoms with Gasteiger partial charge in [-0.25, -0.2) is 4.98 Å². The van der Waals surface area contributed by atoms with E-state index < -0.39 is 0 Å². The van der Waals surface area contributed by atoms with Crippen LogP contribution in [-0.2, 0) is 0 Å². The molecule has 1 heterocycles. The topological polar surface area (TPSA) is 50.9 Å². The minimum absolute atomic E-state index is 0.448. The van der Waals surface area contributed by atoms with E-state index in [1.54, 1.807) is 6.07 Å². The van der Waals surface area contributed by atoms with Crippen molar-refractivity contribution in [3.8, 4) is 0 Å². The molecule has 1 aliphatic rings. The van der Waals surface area contributed by atoms with Gasteiger partial charge in [0.25, 0.3) is 0 Å². The maximum absolute atomic E-state index is 5.83. The van der Waals surface area contributed by atoms with E-state index in [4.69, 9.17) is 17.3 Å². The van der Waals surface area contributed by atoms with Gasteiger partial charge in [0.15, 0.2) is 0 Å². The third-order valence-electron chi connectivity index (χ3n) is 2.86. The van der Waals surface area contributed by atoms with E-state index in [1.165, 1.54) is 19.3 Å². The molecule has 82 valence electrons. The Bertz CT molecular complexity index is 333. The molecule has 1 fully saturated rings. The predicted octanol–water partition coefficient (Wildman–Crippen LogP) is 2.92. The summed E-state index contributed by atoms with van der Waals surface area (Å²) in [5.74, 6) is 1.60. The molecule has 0 aliphatic heterocycles. The van der Waals surface area contributed by atoms with Crippen LogP contribution < -0.4 is 11.1 Å². The minimum atomic E-state index is 0.448. The number of nitrogens with zero attached hydrogens (tertiary/aromatic N) is 1. The molecular formula is C11H16ClN3. The van der Waals surface area contributed by atoms with E-state index in [1.807, 2.05) is 6.07 Å². The van der Waals surface area contributed by atoms with Crippen molar-refractivity contribution >= 4 is 23.1 Å². The number of pyridine rings is 1. The SMILES string of the molecule is CC1CCC(Nc2cc(N)cc(Cl)n2)C1. The van der Waals surface area contributed by atoms with E-state index in [-0.39, 0.29) is 0 Å². The largest absolute Gasteiger partial charge is 0.399 e. The van der Waals surface area contributed by atoms with Crippen LogP contribution in [0.4, 0.5) is 11.5 Å². The number of aromatic nitrogens is 1. The quantitative estimate of drug-likeness (QED) is 0.761. The third-order valence-corrected chi connectivity index (χ3v) is 3.06. The number of hydrogen-bond acceptors (Lipinski definition) is 3. The number of halogens is 1. The Hall–Kier alpha value is -0.960. The van der Waals surface area contributed by atoms with Gasteiger partial charge in [-0.2, -0.15) is 0 Å². The molecule has 1 saturated carbocycles. The molecule has 1 aliphatic carbocycles. The lowest BCUT2D eigenvalue weighted by Gasteiger charge is -2.13. The van der Waals surface area contributed by atoms with Crippen molar-refractivity contribution < 1.29 is 0 Å². The Balaban J connectivity index is 2.04. The average Bonchev–Trinajstić information content (AvgIpc) is 2.49. The first-order valence-corrected chi connectivity index (χ1v) is 5.71. The van der Waals surface area contributed by atoms with Gasteiger partial charge in [-0.15, -0.1) is 0 Å². The molecule has 2 atom stereocenters. The highest BCUT2D eigenvalue weighted by Crippen LogP contribution is 2.27. The van der Waals surface area contributed by atoms with Crippen LogP contribution in [0, 0.1) is 5.92 Å². The lowest BCUT2D eigenvalue weighted by atomic mass is 10.1. The van der Waals surface area contributed by atoms with E-state index in [2.05, 4.69) is 17.2 Å². The summed E-state index contributed by atoms with van der Waals surface area (Å²) < 4.78 is 0. The molecule has 0 aromatic carbocycles. The number of anilines is 2. The van der Waals surface area contributed by atoms with Crippen LogP contribution in [0.1, 0.15) is 26.2 Å². The molecule has 15 heavy (non-hydrogen) atoms. The van der Waals surface area contributed by atoms with Gasteiger partial charge in [0.2, 0.25) is 0 Å². The predicted molar refractivity (Wildman–Crippen MR) is 64.1 cm³/mol. The summed E-state index contributed by atoms with van der Waals surface area (Å²) in [6.07, 6.45) is 3.69. The lowest BCUT2D eigenvalue weighted by molar-refractivity contribution is 0.602. The number of nitrogens with one attached hydrogen (secondary N) is 1. The fourth-order valence-corrected chi connectivity index (χ4v) is 2.36. The Morgan fingerprint density at radius 2 is 2.27 bits per heavy atom. The van der Waals surface area contributed by atoms with Crippen LogP contribution in [0.3, 0.4) is 0 Å². The second-order valence-electron chi connectivity index (χ2n) is 4.37. The summed E-state index contributed by atoms with van der Waals surface area (Å²) in [4.78, 5) is 4.20. The standard InChI is InChI=1S/C11H16ClN3/c1-7-2-3-9(4-7)14-11-6-8(13)5-10(12)15-11/h5-7,9H,2-4H2,1H3,(H3,13,14,15). The zero-order valence-corrected chi connectivity index (χ0v) is 9.59. The van der Waals surface area contributed by atoms with Crippen LogP contribution in [0.2, 0.25) is 5.15 Å². The second-order valence-corrected chi connectivity index (χ2v) is 4.76. The summed E-state index contributed by atoms with van der Waals surface area (Å²) in [5, 5.41) is 3.83. The molecule has 0 radical (unpaired) electrons. The Morgan fingerprint density at radius 3 is 2.87 bits per heavy atom. The van der Waals surface area contributed by atoms with Gasteiger partial charge < -0.3 is 11.1 Å². The lowest BCUT2D eigenvalue weighted by Crippen LogP contribution is -2.16. The van der Waals surface area contributed by atoms with E-state index >= 15 is 0 Å². The van der Waals surface area contributed by atoms with Crippen molar-refractivity contribution in [1.82, 2.24) is 4.98 Å². The fourth-order valence-electron chi connectivity index (χ4n) is 2.14. The van der Waals surface area contributed by atoms with E-state index in [0.29, 0.717) is 16.9 Å². The zero-order valence-electron chi connectivity index (χ0n) is 8.83. The second kappa shape index (κ2) is 4.27. The third kappa shape index (κ3) is 2.75. The molecule has 1 aromatic rings. The molecular weight excluding hydrogens is 210 g/mol. The first kappa shape index (κ1) is 10.6. The number of hydrogen-bond donors (Lipinski definition) is 2. The summed E-state index contributed by atoms with van der Waals surface area (Å²) in [5.41, 5.74) is 6.35. The molecule has 0 saturated heterocycles. The molecule has 0 amide bonds. The van der Waals surface area contributed by atoms with Crippen LogP contribution >= 0.6 is 11.6 Å². The van der Waals surface area contributed by atoms with Crippen molar-refractivity contribution in [1.29, 1.82) is 0 Å². The maximum Gasteiger partial charge on any atom is 0.133 e. The smallest absolute Gasteiger partial charge is 0.133 e. The molecule has 0 spiro atoms. The van der Waals surface area contributed by atoms with Crippen molar-refractivity contribution in [3.63, 3.8) is 0 Å². The van der Waals surface area contributed by atoms with Gasteiger partial charge >= 0.3 is 0 Å². The van der Waals surface area contributed by atoms with Crippen molar-refractivity contribution in [2.45, 2.75) is 32.2 Å². The number of nitrogen functional groups attached to an aromatic ring is 1. The van der Waals surface area contributed by atoms with Gasteiger partial charge in [0.05, 0.1) is 0 Å². The maximum atomic E-state index is 5.83. The van der Waals surface area contributed by atoms with Gasteiger partial charge in [-0.3, -0.25) is 0 Å². The highest BCUT2D eigenvalue weighted by molar-refractivity contribution is 6.29. The molecule has 2 unspecified atom stereocenters. The van der Waals surface area contributed by atoms with Crippen molar-refractivity contribution in [2.75, 3.05) is 11.1 Å². The van der Waals surface area contributed by atoms with Crippen molar-refractivity contribution in [3.05, 3.63) is 17.3 Å². The molecule has 0 bridgehead atoms. The van der Waals surface area contributed by atoms with Gasteiger partial charge in [0, 0.05) is 17.8 Å². The Kier molecular flexibility index (Phi) is 3.00. The monoisotopic (exact) mass is 225 g/mol. The molecule has 3 nitrogen and oxygen atoms in total. The van der Waals surface area contributed by atoms with Crippen LogP contribution in [-0.4, -0.2) is 11.0 Å². The summed E-state index contributed by atoms with van der Waals surface area (Å²) in [6, 6.07) is 4.00. The zero-order chi connectivity index (χ0) is 10.8. The van der Waals surface area contributed by atoms with Gasteiger partial charge in [-0.05, 0) is 31.2 Å². The molecule has 1 aromatic heterocycles. The van der Waals surface area contributed by atoms with Crippen molar-refractivity contribution in [2.24, 2.45) is 5.92 Å². The highest BCUT2D eigenvalue weighted by atomic mass is 35.5. The summed E-state index contributed by atoms with van der Waals surface area (Å²) in [7, 11) is 0. The summed E-state index contributed by atoms with van der Waals surface area (Å²) >= 11 is 5.83. The van der Waals surface area contributed by atoms with E-state index in [0.717, 1.165) is 11.7 Å². The first-order valence-electron chi connectivity index (χ1n) is 5.33. The van der Waals surface area contributed by atoms with Gasteiger partial charge in [0.1, 0.15) is 11.0 Å². The first-order chi connectivity index (χ1) is 7.13. The van der Waals surface area contributed by atoms with Gasteiger partial charge in [-0.1, -0.05) is 18.5 Å². The number of nitrogens with two attached hydrogens (primary N) is 1. The normalized spacial score (nSPS) is 25.5. The fraction of sp³-hybridized carbons (Fsp3) is 0.545. The number of rotatable bonds is 2. The Morgan fingerprint density at radius 1 is 1.47 bits per heavy atom.